The summed E-state index contributed by atoms with van der Waals surface area (Å²) in [4.78, 5) is 13.1. The van der Waals surface area contributed by atoms with Gasteiger partial charge in [-0.3, -0.25) is 4.90 Å². The maximum absolute atomic E-state index is 10.7. The fourth-order valence-corrected chi connectivity index (χ4v) is 3.45. The molecule has 2 saturated carbocycles. The topological polar surface area (TPSA) is 20.3 Å². The lowest BCUT2D eigenvalue weighted by Gasteiger charge is -2.26. The number of hydrogen-bond acceptors (Lipinski definition) is 2. The average molecular weight is 223 g/mol. The molecule has 0 aliphatic heterocycles. The SMILES string of the molecule is O=CCN(CC1CCCC1)CC1CCCC1. The van der Waals surface area contributed by atoms with E-state index >= 15 is 0 Å². The third-order valence-corrected chi connectivity index (χ3v) is 4.32. The molecule has 2 nitrogen and oxygen atoms in total. The molecule has 0 unspecified atom stereocenters. The van der Waals surface area contributed by atoms with Crippen molar-refractivity contribution in [3.8, 4) is 0 Å². The minimum atomic E-state index is 0.660. The van der Waals surface area contributed by atoms with E-state index in [1.807, 2.05) is 0 Å². The van der Waals surface area contributed by atoms with Crippen molar-refractivity contribution in [2.45, 2.75) is 51.4 Å². The highest BCUT2D eigenvalue weighted by molar-refractivity contribution is 5.51. The Kier molecular flexibility index (Phi) is 4.83. The van der Waals surface area contributed by atoms with Crippen LogP contribution < -0.4 is 0 Å². The standard InChI is InChI=1S/C14H25NO/c16-10-9-15(11-13-5-1-2-6-13)12-14-7-3-4-8-14/h10,13-14H,1-9,11-12H2. The van der Waals surface area contributed by atoms with Crippen molar-refractivity contribution in [1.82, 2.24) is 4.90 Å². The van der Waals surface area contributed by atoms with Crippen molar-refractivity contribution >= 4 is 6.29 Å². The number of carbonyl (C=O) groups is 1. The van der Waals surface area contributed by atoms with E-state index in [4.69, 9.17) is 0 Å². The molecule has 2 heteroatoms. The molecule has 0 bridgehead atoms. The molecule has 2 aliphatic carbocycles. The molecule has 2 rings (SSSR count). The fourth-order valence-electron chi connectivity index (χ4n) is 3.45. The third-order valence-electron chi connectivity index (χ3n) is 4.32. The Morgan fingerprint density at radius 2 is 1.31 bits per heavy atom. The Bertz CT molecular complexity index is 187. The second-order valence-corrected chi connectivity index (χ2v) is 5.69. The van der Waals surface area contributed by atoms with Crippen LogP contribution in [-0.4, -0.2) is 30.8 Å². The normalized spacial score (nSPS) is 23.3. The zero-order valence-corrected chi connectivity index (χ0v) is 10.4. The predicted molar refractivity (Wildman–Crippen MR) is 66.4 cm³/mol. The van der Waals surface area contributed by atoms with E-state index in [1.165, 1.54) is 64.5 Å². The molecular formula is C14H25NO. The fraction of sp³-hybridized carbons (Fsp3) is 0.929. The summed E-state index contributed by atoms with van der Waals surface area (Å²) in [6.45, 7) is 3.01. The van der Waals surface area contributed by atoms with Gasteiger partial charge in [-0.25, -0.2) is 0 Å². The number of hydrogen-bond donors (Lipinski definition) is 0. The van der Waals surface area contributed by atoms with E-state index in [9.17, 15) is 4.79 Å². The molecule has 2 fully saturated rings. The van der Waals surface area contributed by atoms with Gasteiger partial charge in [-0.1, -0.05) is 25.7 Å². The highest BCUT2D eigenvalue weighted by Gasteiger charge is 2.22. The van der Waals surface area contributed by atoms with Crippen LogP contribution in [0.3, 0.4) is 0 Å². The summed E-state index contributed by atoms with van der Waals surface area (Å²) in [6, 6.07) is 0. The van der Waals surface area contributed by atoms with Crippen LogP contribution in [0.1, 0.15) is 51.4 Å². The highest BCUT2D eigenvalue weighted by Crippen LogP contribution is 2.28. The minimum Gasteiger partial charge on any atom is -0.302 e. The highest BCUT2D eigenvalue weighted by atomic mass is 16.1. The molecule has 0 saturated heterocycles. The van der Waals surface area contributed by atoms with Crippen LogP contribution in [0.25, 0.3) is 0 Å². The Morgan fingerprint density at radius 3 is 1.69 bits per heavy atom. The van der Waals surface area contributed by atoms with Crippen molar-refractivity contribution in [2.75, 3.05) is 19.6 Å². The van der Waals surface area contributed by atoms with Crippen molar-refractivity contribution in [3.63, 3.8) is 0 Å². The molecular weight excluding hydrogens is 198 g/mol. The second-order valence-electron chi connectivity index (χ2n) is 5.69. The molecule has 92 valence electrons. The van der Waals surface area contributed by atoms with Gasteiger partial charge in [0.25, 0.3) is 0 Å². The molecule has 0 aromatic rings. The zero-order chi connectivity index (χ0) is 11.2. The van der Waals surface area contributed by atoms with E-state index in [-0.39, 0.29) is 0 Å². The van der Waals surface area contributed by atoms with Gasteiger partial charge in [0.2, 0.25) is 0 Å². The Labute approximate surface area is 99.4 Å². The van der Waals surface area contributed by atoms with Gasteiger partial charge in [0.15, 0.2) is 0 Å². The van der Waals surface area contributed by atoms with Crippen LogP contribution >= 0.6 is 0 Å². The lowest BCUT2D eigenvalue weighted by atomic mass is 10.0. The van der Waals surface area contributed by atoms with Gasteiger partial charge in [-0.15, -0.1) is 0 Å². The van der Waals surface area contributed by atoms with Crippen molar-refractivity contribution in [1.29, 1.82) is 0 Å². The first-order chi connectivity index (χ1) is 7.88. The van der Waals surface area contributed by atoms with Crippen LogP contribution in [0.4, 0.5) is 0 Å². The van der Waals surface area contributed by atoms with E-state index in [0.29, 0.717) is 6.54 Å². The van der Waals surface area contributed by atoms with Gasteiger partial charge >= 0.3 is 0 Å². The van der Waals surface area contributed by atoms with Crippen LogP contribution in [0, 0.1) is 11.8 Å². The Balaban J connectivity index is 1.75. The summed E-state index contributed by atoms with van der Waals surface area (Å²) in [7, 11) is 0. The van der Waals surface area contributed by atoms with Gasteiger partial charge in [0.05, 0.1) is 6.54 Å². The Morgan fingerprint density at radius 1 is 0.875 bits per heavy atom. The van der Waals surface area contributed by atoms with E-state index in [1.54, 1.807) is 0 Å². The van der Waals surface area contributed by atoms with Gasteiger partial charge in [-0.05, 0) is 37.5 Å². The van der Waals surface area contributed by atoms with Crippen LogP contribution in [0.5, 0.6) is 0 Å². The summed E-state index contributed by atoms with van der Waals surface area (Å²) in [5.41, 5.74) is 0. The number of carbonyl (C=O) groups excluding carboxylic acids is 1. The summed E-state index contributed by atoms with van der Waals surface area (Å²) in [5.74, 6) is 1.75. The molecule has 0 amide bonds. The van der Waals surface area contributed by atoms with Crippen LogP contribution in [-0.2, 0) is 4.79 Å². The van der Waals surface area contributed by atoms with E-state index < -0.39 is 0 Å². The summed E-state index contributed by atoms with van der Waals surface area (Å²) in [6.07, 6.45) is 12.3. The monoisotopic (exact) mass is 223 g/mol. The lowest BCUT2D eigenvalue weighted by molar-refractivity contribution is -0.109. The molecule has 2 aliphatic rings. The van der Waals surface area contributed by atoms with Gasteiger partial charge < -0.3 is 4.79 Å². The number of aldehydes is 1. The van der Waals surface area contributed by atoms with Crippen LogP contribution in [0.2, 0.25) is 0 Å². The third kappa shape index (κ3) is 3.58. The average Bonchev–Trinajstić information content (AvgIpc) is 2.91. The molecule has 0 aromatic heterocycles. The van der Waals surface area contributed by atoms with Gasteiger partial charge in [0, 0.05) is 13.1 Å². The Hall–Kier alpha value is -0.370. The first kappa shape index (κ1) is 12.1. The molecule has 0 radical (unpaired) electrons. The number of rotatable bonds is 6. The summed E-state index contributed by atoms with van der Waals surface area (Å²) >= 11 is 0. The second kappa shape index (κ2) is 6.39. The maximum Gasteiger partial charge on any atom is 0.133 e. The molecule has 16 heavy (non-hydrogen) atoms. The molecule has 0 spiro atoms. The largest absolute Gasteiger partial charge is 0.302 e. The smallest absolute Gasteiger partial charge is 0.133 e. The quantitative estimate of drug-likeness (QED) is 0.645. The van der Waals surface area contributed by atoms with E-state index in [2.05, 4.69) is 4.90 Å². The van der Waals surface area contributed by atoms with Crippen molar-refractivity contribution in [2.24, 2.45) is 11.8 Å². The van der Waals surface area contributed by atoms with Crippen molar-refractivity contribution in [3.05, 3.63) is 0 Å². The van der Waals surface area contributed by atoms with Crippen LogP contribution in [0.15, 0.2) is 0 Å². The van der Waals surface area contributed by atoms with Crippen molar-refractivity contribution < 1.29 is 4.79 Å². The molecule has 0 aromatic carbocycles. The predicted octanol–water partition coefficient (Wildman–Crippen LogP) is 2.87. The van der Waals surface area contributed by atoms with E-state index in [0.717, 1.165) is 18.1 Å². The lowest BCUT2D eigenvalue weighted by Crippen LogP contribution is -2.34. The zero-order valence-electron chi connectivity index (χ0n) is 10.4. The van der Waals surface area contributed by atoms with Gasteiger partial charge in [0.1, 0.15) is 6.29 Å². The molecule has 0 atom stereocenters. The van der Waals surface area contributed by atoms with Gasteiger partial charge in [-0.2, -0.15) is 0 Å². The first-order valence-electron chi connectivity index (χ1n) is 7.04. The first-order valence-corrected chi connectivity index (χ1v) is 7.04. The summed E-state index contributed by atoms with van der Waals surface area (Å²) in [5, 5.41) is 0. The number of nitrogens with zero attached hydrogens (tertiary/aromatic N) is 1. The molecule has 0 heterocycles. The molecule has 0 N–H and O–H groups in total. The summed E-state index contributed by atoms with van der Waals surface area (Å²) < 4.78 is 0. The minimum absolute atomic E-state index is 0.660. The maximum atomic E-state index is 10.7.